The molecule has 1 N–H and O–H groups in total. The normalized spacial score (nSPS) is 12.6. The maximum absolute atomic E-state index is 6.23. The molecule has 4 heteroatoms. The molecule has 0 spiro atoms. The molecule has 0 bridgehead atoms. The third-order valence-electron chi connectivity index (χ3n) is 3.14. The van der Waals surface area contributed by atoms with E-state index < -0.39 is 0 Å². The van der Waals surface area contributed by atoms with Gasteiger partial charge in [0.25, 0.3) is 0 Å². The number of hydrogen-bond acceptors (Lipinski definition) is 2. The summed E-state index contributed by atoms with van der Waals surface area (Å²) in [5.74, 6) is 0.598. The zero-order valence-electron chi connectivity index (χ0n) is 11.7. The Morgan fingerprint density at radius 2 is 2.11 bits per heavy atom. The number of rotatable bonds is 9. The highest BCUT2D eigenvalue weighted by Crippen LogP contribution is 2.24. The van der Waals surface area contributed by atoms with Crippen LogP contribution in [0.4, 0.5) is 0 Å². The number of hydrogen-bond donors (Lipinski definition) is 1. The number of methoxy groups -OCH3 is 1. The van der Waals surface area contributed by atoms with E-state index in [4.69, 9.17) is 27.9 Å². The van der Waals surface area contributed by atoms with Crippen molar-refractivity contribution >= 4 is 23.2 Å². The molecule has 0 radical (unpaired) electrons. The van der Waals surface area contributed by atoms with Crippen molar-refractivity contribution in [3.8, 4) is 0 Å². The lowest BCUT2D eigenvalue weighted by atomic mass is 9.95. The molecule has 0 aliphatic rings. The van der Waals surface area contributed by atoms with Crippen LogP contribution in [0, 0.1) is 5.92 Å². The highest BCUT2D eigenvalue weighted by atomic mass is 35.5. The minimum Gasteiger partial charge on any atom is -0.383 e. The van der Waals surface area contributed by atoms with Gasteiger partial charge >= 0.3 is 0 Å². The Kier molecular flexibility index (Phi) is 8.47. The van der Waals surface area contributed by atoms with Crippen LogP contribution in [0.2, 0.25) is 10.0 Å². The van der Waals surface area contributed by atoms with Crippen molar-refractivity contribution < 1.29 is 4.74 Å². The molecule has 0 aromatic heterocycles. The lowest BCUT2D eigenvalue weighted by molar-refractivity contribution is 0.197. The molecule has 1 unspecified atom stereocenters. The van der Waals surface area contributed by atoms with Crippen LogP contribution in [0.15, 0.2) is 18.2 Å². The molecule has 0 saturated carbocycles. The van der Waals surface area contributed by atoms with Crippen molar-refractivity contribution in [2.45, 2.75) is 26.2 Å². The smallest absolute Gasteiger partial charge is 0.0587 e. The Morgan fingerprint density at radius 3 is 2.74 bits per heavy atom. The van der Waals surface area contributed by atoms with E-state index in [-0.39, 0.29) is 0 Å². The fourth-order valence-electron chi connectivity index (χ4n) is 2.16. The Morgan fingerprint density at radius 1 is 1.32 bits per heavy atom. The van der Waals surface area contributed by atoms with E-state index in [0.29, 0.717) is 10.9 Å². The molecule has 1 atom stereocenters. The summed E-state index contributed by atoms with van der Waals surface area (Å²) in [6, 6.07) is 5.76. The monoisotopic (exact) mass is 303 g/mol. The van der Waals surface area contributed by atoms with Gasteiger partial charge in [-0.15, -0.1) is 0 Å². The van der Waals surface area contributed by atoms with Gasteiger partial charge in [0.15, 0.2) is 0 Å². The molecule has 0 aliphatic heterocycles. The predicted octanol–water partition coefficient (Wildman–Crippen LogP) is 4.19. The molecule has 0 aliphatic carbocycles. The van der Waals surface area contributed by atoms with Gasteiger partial charge in [0.1, 0.15) is 0 Å². The van der Waals surface area contributed by atoms with Gasteiger partial charge in [-0.1, -0.05) is 42.6 Å². The quantitative estimate of drug-likeness (QED) is 0.691. The van der Waals surface area contributed by atoms with Crippen molar-refractivity contribution in [3.63, 3.8) is 0 Å². The molecular formula is C15H23Cl2NO. The van der Waals surface area contributed by atoms with Gasteiger partial charge in [-0.2, -0.15) is 0 Å². The van der Waals surface area contributed by atoms with Crippen LogP contribution in [-0.4, -0.2) is 26.8 Å². The lowest BCUT2D eigenvalue weighted by Crippen LogP contribution is -2.27. The topological polar surface area (TPSA) is 21.3 Å². The van der Waals surface area contributed by atoms with Crippen molar-refractivity contribution in [1.29, 1.82) is 0 Å². The molecule has 0 amide bonds. The van der Waals surface area contributed by atoms with Crippen LogP contribution in [0.1, 0.15) is 25.3 Å². The molecule has 108 valence electrons. The van der Waals surface area contributed by atoms with Crippen molar-refractivity contribution in [1.82, 2.24) is 5.32 Å². The lowest BCUT2D eigenvalue weighted by Gasteiger charge is -2.18. The summed E-state index contributed by atoms with van der Waals surface area (Å²) in [5, 5.41) is 4.89. The molecule has 1 aromatic rings. The van der Waals surface area contributed by atoms with E-state index in [9.17, 15) is 0 Å². The van der Waals surface area contributed by atoms with Gasteiger partial charge in [-0.25, -0.2) is 0 Å². The minimum absolute atomic E-state index is 0.598. The molecular weight excluding hydrogens is 281 g/mol. The fourth-order valence-corrected chi connectivity index (χ4v) is 2.65. The van der Waals surface area contributed by atoms with Gasteiger partial charge < -0.3 is 10.1 Å². The van der Waals surface area contributed by atoms with Crippen LogP contribution in [0.5, 0.6) is 0 Å². The van der Waals surface area contributed by atoms with Crippen molar-refractivity contribution in [2.75, 3.05) is 26.8 Å². The summed E-state index contributed by atoms with van der Waals surface area (Å²) in [4.78, 5) is 0. The highest BCUT2D eigenvalue weighted by Gasteiger charge is 2.11. The zero-order valence-corrected chi connectivity index (χ0v) is 13.2. The third-order valence-corrected chi connectivity index (χ3v) is 3.72. The number of halogens is 2. The van der Waals surface area contributed by atoms with E-state index in [2.05, 4.69) is 12.2 Å². The van der Waals surface area contributed by atoms with Gasteiger partial charge in [-0.05, 0) is 43.0 Å². The Bertz CT molecular complexity index is 371. The first kappa shape index (κ1) is 16.8. The first-order valence-corrected chi connectivity index (χ1v) is 7.56. The summed E-state index contributed by atoms with van der Waals surface area (Å²) in [6.07, 6.45) is 3.37. The molecule has 0 heterocycles. The second kappa shape index (κ2) is 9.60. The summed E-state index contributed by atoms with van der Waals surface area (Å²) in [7, 11) is 1.72. The summed E-state index contributed by atoms with van der Waals surface area (Å²) in [6.45, 7) is 4.85. The maximum atomic E-state index is 6.23. The van der Waals surface area contributed by atoms with Crippen molar-refractivity contribution in [2.24, 2.45) is 5.92 Å². The Labute approximate surface area is 126 Å². The summed E-state index contributed by atoms with van der Waals surface area (Å²) in [5.41, 5.74) is 1.18. The largest absolute Gasteiger partial charge is 0.383 e. The van der Waals surface area contributed by atoms with E-state index in [0.717, 1.165) is 31.1 Å². The van der Waals surface area contributed by atoms with E-state index in [1.165, 1.54) is 18.4 Å². The Balaban J connectivity index is 2.51. The molecule has 0 fully saturated rings. The Hall–Kier alpha value is -0.280. The third kappa shape index (κ3) is 6.62. The summed E-state index contributed by atoms with van der Waals surface area (Å²) < 4.78 is 5.04. The number of nitrogens with one attached hydrogen (secondary N) is 1. The van der Waals surface area contributed by atoms with Crippen LogP contribution in [0.25, 0.3) is 0 Å². The highest BCUT2D eigenvalue weighted by molar-refractivity contribution is 6.35. The molecule has 1 rings (SSSR count). The average Bonchev–Trinajstić information content (AvgIpc) is 2.38. The first-order chi connectivity index (χ1) is 9.17. The first-order valence-electron chi connectivity index (χ1n) is 6.81. The zero-order chi connectivity index (χ0) is 14.1. The minimum atomic E-state index is 0.598. The molecule has 0 saturated heterocycles. The van der Waals surface area contributed by atoms with Crippen LogP contribution >= 0.6 is 23.2 Å². The van der Waals surface area contributed by atoms with Gasteiger partial charge in [0, 0.05) is 23.7 Å². The van der Waals surface area contributed by atoms with E-state index in [1.807, 2.05) is 18.2 Å². The second-order valence-corrected chi connectivity index (χ2v) is 5.64. The van der Waals surface area contributed by atoms with Crippen molar-refractivity contribution in [3.05, 3.63) is 33.8 Å². The average molecular weight is 304 g/mol. The van der Waals surface area contributed by atoms with Crippen LogP contribution < -0.4 is 5.32 Å². The number of benzene rings is 1. The van der Waals surface area contributed by atoms with Gasteiger partial charge in [-0.3, -0.25) is 0 Å². The molecule has 19 heavy (non-hydrogen) atoms. The molecule has 1 aromatic carbocycles. The van der Waals surface area contributed by atoms with Crippen LogP contribution in [-0.2, 0) is 11.2 Å². The van der Waals surface area contributed by atoms with Gasteiger partial charge in [0.05, 0.1) is 6.61 Å². The predicted molar refractivity (Wildman–Crippen MR) is 83.3 cm³/mol. The molecule has 2 nitrogen and oxygen atoms in total. The summed E-state index contributed by atoms with van der Waals surface area (Å²) >= 11 is 12.2. The number of ether oxygens (including phenoxy) is 1. The maximum Gasteiger partial charge on any atom is 0.0587 e. The standard InChI is InChI=1S/C15H23Cl2NO/c1-3-4-12(11-18-7-8-19-2)9-13-5-6-14(16)10-15(13)17/h5-6,10,12,18H,3-4,7-9,11H2,1-2H3. The second-order valence-electron chi connectivity index (χ2n) is 4.79. The fraction of sp³-hybridized carbons (Fsp3) is 0.600. The van der Waals surface area contributed by atoms with E-state index >= 15 is 0 Å². The van der Waals surface area contributed by atoms with Gasteiger partial charge in [0.2, 0.25) is 0 Å². The van der Waals surface area contributed by atoms with Crippen LogP contribution in [0.3, 0.4) is 0 Å². The SMILES string of the molecule is CCCC(CNCCOC)Cc1ccc(Cl)cc1Cl. The van der Waals surface area contributed by atoms with E-state index in [1.54, 1.807) is 7.11 Å².